The fraction of sp³-hybridized carbons (Fsp3) is 0.500. The molecule has 1 atom stereocenters. The molecule has 0 spiro atoms. The molecule has 0 aliphatic rings. The van der Waals surface area contributed by atoms with Gasteiger partial charge >= 0.3 is 0 Å². The number of halogens is 1. The first-order valence-electron chi connectivity index (χ1n) is 6.62. The Morgan fingerprint density at radius 3 is 2.90 bits per heavy atom. The molecule has 0 saturated heterocycles. The van der Waals surface area contributed by atoms with Gasteiger partial charge in [-0.3, -0.25) is 4.79 Å². The van der Waals surface area contributed by atoms with Gasteiger partial charge in [-0.1, -0.05) is 11.6 Å². The minimum Gasteiger partial charge on any atom is -0.397 e. The zero-order valence-electron chi connectivity index (χ0n) is 12.3. The van der Waals surface area contributed by atoms with Crippen molar-refractivity contribution in [1.82, 2.24) is 4.90 Å². The van der Waals surface area contributed by atoms with Crippen LogP contribution < -0.4 is 11.1 Å². The monoisotopic (exact) mass is 315 g/mol. The fourth-order valence-electron chi connectivity index (χ4n) is 1.83. The van der Waals surface area contributed by atoms with Gasteiger partial charge in [0.2, 0.25) is 5.91 Å². The number of carbonyl (C=O) groups is 1. The number of anilines is 2. The van der Waals surface area contributed by atoms with Crippen LogP contribution in [0.3, 0.4) is 0 Å². The van der Waals surface area contributed by atoms with E-state index in [2.05, 4.69) is 5.32 Å². The van der Waals surface area contributed by atoms with Gasteiger partial charge in [-0.15, -0.1) is 0 Å². The van der Waals surface area contributed by atoms with E-state index in [-0.39, 0.29) is 12.5 Å². The molecule has 6 nitrogen and oxygen atoms in total. The van der Waals surface area contributed by atoms with Crippen LogP contribution >= 0.6 is 11.6 Å². The number of nitrogens with two attached hydrogens (primary N) is 1. The van der Waals surface area contributed by atoms with Crippen LogP contribution in [-0.4, -0.2) is 55.9 Å². The second-order valence-electron chi connectivity index (χ2n) is 4.91. The van der Waals surface area contributed by atoms with Gasteiger partial charge in [0.05, 0.1) is 23.4 Å². The lowest BCUT2D eigenvalue weighted by Gasteiger charge is -2.19. The Morgan fingerprint density at radius 1 is 1.57 bits per heavy atom. The second kappa shape index (κ2) is 8.84. The molecule has 0 aliphatic carbocycles. The Morgan fingerprint density at radius 2 is 2.29 bits per heavy atom. The number of nitrogens with zero attached hydrogens (tertiary/aromatic N) is 1. The number of nitrogens with one attached hydrogen (secondary N) is 1. The lowest BCUT2D eigenvalue weighted by molar-refractivity contribution is -0.116. The summed E-state index contributed by atoms with van der Waals surface area (Å²) in [4.78, 5) is 13.7. The highest BCUT2D eigenvalue weighted by atomic mass is 35.5. The van der Waals surface area contributed by atoms with Crippen LogP contribution in [0, 0.1) is 0 Å². The number of ether oxygens (including phenoxy) is 1. The third-order valence-electron chi connectivity index (χ3n) is 2.88. The zero-order valence-corrected chi connectivity index (χ0v) is 13.1. The van der Waals surface area contributed by atoms with Crippen molar-refractivity contribution in [2.45, 2.75) is 12.5 Å². The Bertz CT molecular complexity index is 471. The quantitative estimate of drug-likeness (QED) is 0.627. The van der Waals surface area contributed by atoms with Crippen LogP contribution in [0.5, 0.6) is 0 Å². The lowest BCUT2D eigenvalue weighted by Crippen LogP contribution is -2.33. The SMILES string of the molecule is COCC(O)CN(C)CCC(=O)Nc1ccc(Cl)c(N)c1. The first-order chi connectivity index (χ1) is 9.92. The molecule has 1 aromatic rings. The van der Waals surface area contributed by atoms with E-state index in [4.69, 9.17) is 22.1 Å². The number of hydrogen-bond acceptors (Lipinski definition) is 5. The molecular formula is C14H22ClN3O3. The Balaban J connectivity index is 2.35. The number of aliphatic hydroxyl groups excluding tert-OH is 1. The van der Waals surface area contributed by atoms with Gasteiger partial charge in [0, 0.05) is 32.3 Å². The van der Waals surface area contributed by atoms with Crippen molar-refractivity contribution in [2.24, 2.45) is 0 Å². The van der Waals surface area contributed by atoms with Gasteiger partial charge in [-0.2, -0.15) is 0 Å². The van der Waals surface area contributed by atoms with Crippen LogP contribution in [0.25, 0.3) is 0 Å². The first-order valence-corrected chi connectivity index (χ1v) is 7.00. The highest BCUT2D eigenvalue weighted by Gasteiger charge is 2.10. The third-order valence-corrected chi connectivity index (χ3v) is 3.23. The van der Waals surface area contributed by atoms with E-state index in [1.807, 2.05) is 11.9 Å². The van der Waals surface area contributed by atoms with Crippen LogP contribution in [0.4, 0.5) is 11.4 Å². The van der Waals surface area contributed by atoms with Gasteiger partial charge in [0.25, 0.3) is 0 Å². The molecule has 1 aromatic carbocycles. The van der Waals surface area contributed by atoms with E-state index < -0.39 is 6.10 Å². The van der Waals surface area contributed by atoms with Crippen molar-refractivity contribution in [3.8, 4) is 0 Å². The fourth-order valence-corrected chi connectivity index (χ4v) is 1.95. The molecule has 1 amide bonds. The maximum absolute atomic E-state index is 11.8. The van der Waals surface area contributed by atoms with Gasteiger partial charge in [0.1, 0.15) is 0 Å². The van der Waals surface area contributed by atoms with Crippen molar-refractivity contribution in [2.75, 3.05) is 44.9 Å². The average Bonchev–Trinajstić information content (AvgIpc) is 2.41. The minimum atomic E-state index is -0.556. The molecule has 0 bridgehead atoms. The van der Waals surface area contributed by atoms with Crippen LogP contribution in [0.15, 0.2) is 18.2 Å². The van der Waals surface area contributed by atoms with Crippen LogP contribution in [0.1, 0.15) is 6.42 Å². The molecule has 0 fully saturated rings. The van der Waals surface area contributed by atoms with Crippen LogP contribution in [0.2, 0.25) is 5.02 Å². The lowest BCUT2D eigenvalue weighted by atomic mass is 10.2. The number of methoxy groups -OCH3 is 1. The summed E-state index contributed by atoms with van der Waals surface area (Å²) in [6, 6.07) is 4.95. The van der Waals surface area contributed by atoms with Crippen molar-refractivity contribution < 1.29 is 14.6 Å². The predicted molar refractivity (Wildman–Crippen MR) is 84.5 cm³/mol. The third kappa shape index (κ3) is 6.77. The summed E-state index contributed by atoms with van der Waals surface area (Å²) in [5, 5.41) is 12.8. The summed E-state index contributed by atoms with van der Waals surface area (Å²) in [5.41, 5.74) is 6.71. The Labute approximate surface area is 129 Å². The molecule has 4 N–H and O–H groups in total. The number of aliphatic hydroxyl groups is 1. The topological polar surface area (TPSA) is 87.8 Å². The van der Waals surface area contributed by atoms with E-state index in [0.29, 0.717) is 35.9 Å². The van der Waals surface area contributed by atoms with Gasteiger partial charge < -0.3 is 25.8 Å². The van der Waals surface area contributed by atoms with E-state index in [1.54, 1.807) is 18.2 Å². The number of nitrogen functional groups attached to an aromatic ring is 1. The second-order valence-corrected chi connectivity index (χ2v) is 5.31. The summed E-state index contributed by atoms with van der Waals surface area (Å²) in [7, 11) is 3.38. The summed E-state index contributed by atoms with van der Waals surface area (Å²) in [5.74, 6) is -0.121. The Kier molecular flexibility index (Phi) is 7.45. The molecule has 1 rings (SSSR count). The molecule has 7 heteroatoms. The van der Waals surface area contributed by atoms with E-state index in [0.717, 1.165) is 0 Å². The standard InChI is InChI=1S/C14H22ClN3O3/c1-18(8-11(19)9-21-2)6-5-14(20)17-10-3-4-12(15)13(16)7-10/h3-4,7,11,19H,5-6,8-9,16H2,1-2H3,(H,17,20). The number of hydrogen-bond donors (Lipinski definition) is 3. The smallest absolute Gasteiger partial charge is 0.225 e. The normalized spacial score (nSPS) is 12.4. The highest BCUT2D eigenvalue weighted by molar-refractivity contribution is 6.33. The maximum Gasteiger partial charge on any atom is 0.225 e. The summed E-state index contributed by atoms with van der Waals surface area (Å²) in [6.07, 6.45) is -0.238. The predicted octanol–water partition coefficient (Wildman–Crippen LogP) is 1.19. The highest BCUT2D eigenvalue weighted by Crippen LogP contribution is 2.22. The van der Waals surface area contributed by atoms with Gasteiger partial charge in [0.15, 0.2) is 0 Å². The summed E-state index contributed by atoms with van der Waals surface area (Å²) < 4.78 is 4.85. The molecule has 0 heterocycles. The van der Waals surface area contributed by atoms with E-state index in [1.165, 1.54) is 7.11 Å². The molecule has 21 heavy (non-hydrogen) atoms. The zero-order chi connectivity index (χ0) is 15.8. The number of benzene rings is 1. The van der Waals surface area contributed by atoms with Gasteiger partial charge in [-0.05, 0) is 25.2 Å². The molecular weight excluding hydrogens is 294 g/mol. The maximum atomic E-state index is 11.8. The molecule has 1 unspecified atom stereocenters. The molecule has 118 valence electrons. The van der Waals surface area contributed by atoms with Crippen molar-refractivity contribution in [3.05, 3.63) is 23.2 Å². The molecule has 0 radical (unpaired) electrons. The molecule has 0 saturated carbocycles. The van der Waals surface area contributed by atoms with Crippen LogP contribution in [-0.2, 0) is 9.53 Å². The molecule has 0 aliphatic heterocycles. The van der Waals surface area contributed by atoms with Gasteiger partial charge in [-0.25, -0.2) is 0 Å². The first kappa shape index (κ1) is 17.7. The largest absolute Gasteiger partial charge is 0.397 e. The molecule has 0 aromatic heterocycles. The van der Waals surface area contributed by atoms with E-state index in [9.17, 15) is 9.90 Å². The number of rotatable bonds is 8. The number of amides is 1. The summed E-state index contributed by atoms with van der Waals surface area (Å²) >= 11 is 5.82. The minimum absolute atomic E-state index is 0.121. The Hall–Kier alpha value is -1.34. The average molecular weight is 316 g/mol. The van der Waals surface area contributed by atoms with Crippen molar-refractivity contribution in [1.29, 1.82) is 0 Å². The number of carbonyl (C=O) groups excluding carboxylic acids is 1. The van der Waals surface area contributed by atoms with Crippen molar-refractivity contribution >= 4 is 28.9 Å². The van der Waals surface area contributed by atoms with Crippen molar-refractivity contribution in [3.63, 3.8) is 0 Å². The number of likely N-dealkylation sites (N-methyl/N-ethyl adjacent to an activating group) is 1. The van der Waals surface area contributed by atoms with E-state index >= 15 is 0 Å². The summed E-state index contributed by atoms with van der Waals surface area (Å²) in [6.45, 7) is 1.27.